The Labute approximate surface area is 76.7 Å². The van der Waals surface area contributed by atoms with E-state index in [2.05, 4.69) is 5.32 Å². The third-order valence-electron chi connectivity index (χ3n) is 2.04. The van der Waals surface area contributed by atoms with E-state index < -0.39 is 11.7 Å². The second kappa shape index (κ2) is 4.66. The standard InChI is InChI=1S/C8H15NO4/c10-2-1-9-5-8(12)3-7(4-11)13-6-8/h4,7,9-10,12H,1-3,5-6H2/t7-,8+/m1/s1. The van der Waals surface area contributed by atoms with Crippen molar-refractivity contribution in [3.05, 3.63) is 0 Å². The van der Waals surface area contributed by atoms with Gasteiger partial charge < -0.3 is 25.1 Å². The van der Waals surface area contributed by atoms with Crippen LogP contribution in [0.4, 0.5) is 0 Å². The van der Waals surface area contributed by atoms with Gasteiger partial charge in [-0.2, -0.15) is 0 Å². The molecule has 0 aliphatic carbocycles. The normalized spacial score (nSPS) is 33.5. The van der Waals surface area contributed by atoms with Gasteiger partial charge in [-0.3, -0.25) is 0 Å². The van der Waals surface area contributed by atoms with E-state index in [4.69, 9.17) is 9.84 Å². The molecule has 0 spiro atoms. The molecule has 1 aliphatic rings. The maximum absolute atomic E-state index is 10.3. The van der Waals surface area contributed by atoms with Gasteiger partial charge in [0.25, 0.3) is 0 Å². The molecule has 1 rings (SSSR count). The molecular weight excluding hydrogens is 174 g/mol. The number of carbonyl (C=O) groups is 1. The SMILES string of the molecule is O=C[C@H]1C[C@](O)(CNCCO)CO1. The first kappa shape index (κ1) is 10.6. The molecule has 13 heavy (non-hydrogen) atoms. The summed E-state index contributed by atoms with van der Waals surface area (Å²) in [5, 5.41) is 21.1. The highest BCUT2D eigenvalue weighted by molar-refractivity contribution is 5.56. The van der Waals surface area contributed by atoms with Crippen molar-refractivity contribution in [3.63, 3.8) is 0 Å². The molecule has 5 heteroatoms. The second-order valence-corrected chi connectivity index (χ2v) is 3.31. The van der Waals surface area contributed by atoms with Crippen LogP contribution in [-0.2, 0) is 9.53 Å². The fourth-order valence-electron chi connectivity index (χ4n) is 1.37. The molecule has 1 saturated heterocycles. The second-order valence-electron chi connectivity index (χ2n) is 3.31. The van der Waals surface area contributed by atoms with Crippen LogP contribution in [0, 0.1) is 0 Å². The van der Waals surface area contributed by atoms with Crippen molar-refractivity contribution in [2.24, 2.45) is 0 Å². The van der Waals surface area contributed by atoms with Gasteiger partial charge in [0.2, 0.25) is 0 Å². The number of aliphatic hydroxyl groups excluding tert-OH is 1. The Balaban J connectivity index is 2.27. The first-order valence-corrected chi connectivity index (χ1v) is 4.31. The molecule has 76 valence electrons. The van der Waals surface area contributed by atoms with E-state index in [9.17, 15) is 9.90 Å². The van der Waals surface area contributed by atoms with Crippen LogP contribution >= 0.6 is 0 Å². The maximum atomic E-state index is 10.3. The van der Waals surface area contributed by atoms with Crippen LogP contribution in [0.3, 0.4) is 0 Å². The quantitative estimate of drug-likeness (QED) is 0.354. The summed E-state index contributed by atoms with van der Waals surface area (Å²) < 4.78 is 5.03. The molecule has 2 atom stereocenters. The topological polar surface area (TPSA) is 78.8 Å². The van der Waals surface area contributed by atoms with Crippen molar-refractivity contribution in [2.45, 2.75) is 18.1 Å². The molecule has 0 bridgehead atoms. The average Bonchev–Trinajstić information content (AvgIpc) is 2.49. The molecule has 0 aromatic carbocycles. The number of aldehydes is 1. The minimum Gasteiger partial charge on any atom is -0.395 e. The van der Waals surface area contributed by atoms with Crippen LogP contribution in [0.2, 0.25) is 0 Å². The predicted octanol–water partition coefficient (Wildman–Crippen LogP) is -1.71. The van der Waals surface area contributed by atoms with Crippen molar-refractivity contribution >= 4 is 6.29 Å². The molecule has 5 nitrogen and oxygen atoms in total. The van der Waals surface area contributed by atoms with Gasteiger partial charge in [-0.1, -0.05) is 0 Å². The molecule has 0 radical (unpaired) electrons. The Morgan fingerprint density at radius 1 is 1.69 bits per heavy atom. The summed E-state index contributed by atoms with van der Waals surface area (Å²) in [7, 11) is 0. The van der Waals surface area contributed by atoms with Crippen LogP contribution in [-0.4, -0.2) is 54.5 Å². The van der Waals surface area contributed by atoms with Gasteiger partial charge in [0.15, 0.2) is 0 Å². The number of hydrogen-bond acceptors (Lipinski definition) is 5. The first-order valence-electron chi connectivity index (χ1n) is 4.31. The Bertz CT molecular complexity index is 176. The zero-order chi connectivity index (χ0) is 9.73. The summed E-state index contributed by atoms with van der Waals surface area (Å²) in [6.07, 6.45) is 0.541. The molecule has 1 fully saturated rings. The number of hydrogen-bond donors (Lipinski definition) is 3. The largest absolute Gasteiger partial charge is 0.395 e. The van der Waals surface area contributed by atoms with Crippen LogP contribution in [0.25, 0.3) is 0 Å². The summed E-state index contributed by atoms with van der Waals surface area (Å²) >= 11 is 0. The van der Waals surface area contributed by atoms with Crippen LogP contribution in [0.5, 0.6) is 0 Å². The van der Waals surface area contributed by atoms with Crippen molar-refractivity contribution in [1.29, 1.82) is 0 Å². The fraction of sp³-hybridized carbons (Fsp3) is 0.875. The number of ether oxygens (including phenoxy) is 1. The Morgan fingerprint density at radius 2 is 2.46 bits per heavy atom. The van der Waals surface area contributed by atoms with Crippen molar-refractivity contribution < 1.29 is 19.7 Å². The Hall–Kier alpha value is -0.490. The Kier molecular flexibility index (Phi) is 3.80. The molecule has 1 aliphatic heterocycles. The van der Waals surface area contributed by atoms with E-state index in [1.165, 1.54) is 0 Å². The molecule has 0 aromatic heterocycles. The zero-order valence-electron chi connectivity index (χ0n) is 7.40. The van der Waals surface area contributed by atoms with Crippen molar-refractivity contribution in [2.75, 3.05) is 26.3 Å². The maximum Gasteiger partial charge on any atom is 0.148 e. The smallest absolute Gasteiger partial charge is 0.148 e. The Morgan fingerprint density at radius 3 is 3.00 bits per heavy atom. The summed E-state index contributed by atoms with van der Waals surface area (Å²) in [5.41, 5.74) is -0.958. The van der Waals surface area contributed by atoms with Gasteiger partial charge in [0.1, 0.15) is 18.0 Å². The van der Waals surface area contributed by atoms with E-state index in [-0.39, 0.29) is 13.2 Å². The van der Waals surface area contributed by atoms with E-state index in [1.807, 2.05) is 0 Å². The molecule has 0 unspecified atom stereocenters. The summed E-state index contributed by atoms with van der Waals surface area (Å²) in [6.45, 7) is 0.995. The van der Waals surface area contributed by atoms with Gasteiger partial charge in [-0.15, -0.1) is 0 Å². The average molecular weight is 189 g/mol. The van der Waals surface area contributed by atoms with E-state index in [0.717, 1.165) is 0 Å². The van der Waals surface area contributed by atoms with Crippen molar-refractivity contribution in [1.82, 2.24) is 5.32 Å². The van der Waals surface area contributed by atoms with Gasteiger partial charge in [-0.25, -0.2) is 0 Å². The number of nitrogens with one attached hydrogen (secondary N) is 1. The minimum atomic E-state index is -0.958. The monoisotopic (exact) mass is 189 g/mol. The zero-order valence-corrected chi connectivity index (χ0v) is 7.40. The van der Waals surface area contributed by atoms with Gasteiger partial charge >= 0.3 is 0 Å². The van der Waals surface area contributed by atoms with Crippen LogP contribution in [0.15, 0.2) is 0 Å². The molecule has 0 amide bonds. The van der Waals surface area contributed by atoms with Gasteiger partial charge in [0, 0.05) is 19.5 Å². The lowest BCUT2D eigenvalue weighted by Gasteiger charge is -2.20. The number of rotatable bonds is 5. The lowest BCUT2D eigenvalue weighted by Crippen LogP contribution is -2.42. The first-order chi connectivity index (χ1) is 6.20. The lowest BCUT2D eigenvalue weighted by atomic mass is 10.0. The summed E-state index contributed by atoms with van der Waals surface area (Å²) in [6, 6.07) is 0. The number of carbonyl (C=O) groups excluding carboxylic acids is 1. The molecule has 1 heterocycles. The lowest BCUT2D eigenvalue weighted by molar-refractivity contribution is -0.115. The van der Waals surface area contributed by atoms with Crippen LogP contribution in [0.1, 0.15) is 6.42 Å². The van der Waals surface area contributed by atoms with E-state index in [0.29, 0.717) is 25.8 Å². The predicted molar refractivity (Wildman–Crippen MR) is 45.3 cm³/mol. The van der Waals surface area contributed by atoms with E-state index >= 15 is 0 Å². The van der Waals surface area contributed by atoms with Crippen LogP contribution < -0.4 is 5.32 Å². The summed E-state index contributed by atoms with van der Waals surface area (Å²) in [4.78, 5) is 10.3. The molecule has 3 N–H and O–H groups in total. The third-order valence-corrected chi connectivity index (χ3v) is 2.04. The highest BCUT2D eigenvalue weighted by Gasteiger charge is 2.37. The molecule has 0 aromatic rings. The summed E-state index contributed by atoms with van der Waals surface area (Å²) in [5.74, 6) is 0. The molecular formula is C8H15NO4. The highest BCUT2D eigenvalue weighted by atomic mass is 16.5. The third kappa shape index (κ3) is 3.04. The van der Waals surface area contributed by atoms with Gasteiger partial charge in [0.05, 0.1) is 13.2 Å². The van der Waals surface area contributed by atoms with E-state index in [1.54, 1.807) is 0 Å². The van der Waals surface area contributed by atoms with Crippen molar-refractivity contribution in [3.8, 4) is 0 Å². The molecule has 0 saturated carbocycles. The fourth-order valence-corrected chi connectivity index (χ4v) is 1.37. The minimum absolute atomic E-state index is 0.0358. The highest BCUT2D eigenvalue weighted by Crippen LogP contribution is 2.21. The number of aliphatic hydroxyl groups is 2. The van der Waals surface area contributed by atoms with Gasteiger partial charge in [-0.05, 0) is 0 Å².